The van der Waals surface area contributed by atoms with E-state index < -0.39 is 22.0 Å². The smallest absolute Gasteiger partial charge is 0.337 e. The van der Waals surface area contributed by atoms with Crippen LogP contribution in [0.15, 0.2) is 41.3 Å². The van der Waals surface area contributed by atoms with Crippen molar-refractivity contribution in [1.29, 1.82) is 0 Å². The molecule has 0 unspecified atom stereocenters. The van der Waals surface area contributed by atoms with Crippen molar-refractivity contribution in [1.82, 2.24) is 4.90 Å². The Bertz CT molecular complexity index is 1130. The molecule has 0 aliphatic carbocycles. The number of carbonyl (C=O) groups is 3. The van der Waals surface area contributed by atoms with Gasteiger partial charge in [0, 0.05) is 18.7 Å². The van der Waals surface area contributed by atoms with Gasteiger partial charge in [0.1, 0.15) is 0 Å². The fourth-order valence-corrected chi connectivity index (χ4v) is 4.53. The summed E-state index contributed by atoms with van der Waals surface area (Å²) < 4.78 is 37.8. The van der Waals surface area contributed by atoms with Gasteiger partial charge in [-0.25, -0.2) is 18.0 Å². The molecule has 3 rings (SSSR count). The molecule has 0 saturated carbocycles. The number of nitrogens with one attached hydrogen (secondary N) is 1. The van der Waals surface area contributed by atoms with Gasteiger partial charge in [0.2, 0.25) is 0 Å². The Morgan fingerprint density at radius 2 is 1.47 bits per heavy atom. The Morgan fingerprint density at radius 3 is 2.00 bits per heavy atom. The van der Waals surface area contributed by atoms with Crippen LogP contribution in [0.4, 0.5) is 5.69 Å². The Kier molecular flexibility index (Phi) is 6.83. The molecule has 0 radical (unpaired) electrons. The van der Waals surface area contributed by atoms with Crippen LogP contribution in [0.3, 0.4) is 0 Å². The van der Waals surface area contributed by atoms with Gasteiger partial charge in [-0.2, -0.15) is 0 Å². The highest BCUT2D eigenvalue weighted by molar-refractivity contribution is 7.92. The average molecular weight is 461 g/mol. The fraction of sp³-hybridized carbons (Fsp3) is 0.318. The molecular weight excluding hydrogens is 436 g/mol. The standard InChI is InChI=1S/C22H24N2O7S/c1-14-6-7-18(13-19(14)20(25)24-8-4-5-9-24)32(28,29)23-17-11-15(21(26)30-2)10-16(12-17)22(27)31-3/h6-7,10-13,23H,4-5,8-9H2,1-3H3. The lowest BCUT2D eigenvalue weighted by Gasteiger charge is -2.18. The highest BCUT2D eigenvalue weighted by Gasteiger charge is 2.24. The minimum atomic E-state index is -4.13. The molecule has 1 N–H and O–H groups in total. The first-order chi connectivity index (χ1) is 15.2. The van der Waals surface area contributed by atoms with Crippen LogP contribution in [0.2, 0.25) is 0 Å². The van der Waals surface area contributed by atoms with E-state index in [4.69, 9.17) is 0 Å². The summed E-state index contributed by atoms with van der Waals surface area (Å²) in [5.41, 5.74) is 0.903. The van der Waals surface area contributed by atoms with E-state index in [0.29, 0.717) is 24.2 Å². The number of esters is 2. The summed E-state index contributed by atoms with van der Waals surface area (Å²) in [6, 6.07) is 8.05. The predicted molar refractivity (Wildman–Crippen MR) is 116 cm³/mol. The molecule has 0 spiro atoms. The third kappa shape index (κ3) is 4.91. The predicted octanol–water partition coefficient (Wildman–Crippen LogP) is 2.61. The van der Waals surface area contributed by atoms with Crippen molar-refractivity contribution in [3.63, 3.8) is 0 Å². The van der Waals surface area contributed by atoms with E-state index in [1.165, 1.54) is 44.6 Å². The van der Waals surface area contributed by atoms with Gasteiger partial charge < -0.3 is 14.4 Å². The molecule has 170 valence electrons. The lowest BCUT2D eigenvalue weighted by molar-refractivity contribution is 0.0598. The summed E-state index contributed by atoms with van der Waals surface area (Å²) in [4.78, 5) is 38.3. The summed E-state index contributed by atoms with van der Waals surface area (Å²) in [5, 5.41) is 0. The first kappa shape index (κ1) is 23.3. The summed E-state index contributed by atoms with van der Waals surface area (Å²) in [5.74, 6) is -1.70. The van der Waals surface area contributed by atoms with Crippen LogP contribution < -0.4 is 4.72 Å². The maximum Gasteiger partial charge on any atom is 0.337 e. The van der Waals surface area contributed by atoms with Gasteiger partial charge >= 0.3 is 11.9 Å². The molecule has 1 saturated heterocycles. The van der Waals surface area contributed by atoms with Crippen molar-refractivity contribution in [2.45, 2.75) is 24.7 Å². The van der Waals surface area contributed by atoms with E-state index in [9.17, 15) is 22.8 Å². The number of methoxy groups -OCH3 is 2. The van der Waals surface area contributed by atoms with E-state index in [1.54, 1.807) is 17.9 Å². The third-order valence-corrected chi connectivity index (χ3v) is 6.55. The lowest BCUT2D eigenvalue weighted by atomic mass is 10.1. The molecule has 1 amide bonds. The zero-order chi connectivity index (χ0) is 23.5. The molecule has 2 aromatic carbocycles. The highest BCUT2D eigenvalue weighted by atomic mass is 32.2. The second kappa shape index (κ2) is 9.39. The first-order valence-corrected chi connectivity index (χ1v) is 11.4. The second-order valence-electron chi connectivity index (χ2n) is 7.36. The number of aryl methyl sites for hydroxylation is 1. The third-order valence-electron chi connectivity index (χ3n) is 5.17. The maximum absolute atomic E-state index is 13.0. The van der Waals surface area contributed by atoms with Crippen molar-refractivity contribution < 1.29 is 32.3 Å². The highest BCUT2D eigenvalue weighted by Crippen LogP contribution is 2.24. The molecule has 10 heteroatoms. The summed E-state index contributed by atoms with van der Waals surface area (Å²) in [6.45, 7) is 3.03. The van der Waals surface area contributed by atoms with Gasteiger partial charge in [-0.1, -0.05) is 6.07 Å². The topological polar surface area (TPSA) is 119 Å². The molecule has 0 aromatic heterocycles. The number of ether oxygens (including phenoxy) is 2. The zero-order valence-electron chi connectivity index (χ0n) is 18.0. The van der Waals surface area contributed by atoms with E-state index in [-0.39, 0.29) is 27.6 Å². The van der Waals surface area contributed by atoms with Crippen LogP contribution in [-0.4, -0.2) is 58.5 Å². The van der Waals surface area contributed by atoms with E-state index in [0.717, 1.165) is 12.8 Å². The Balaban J connectivity index is 1.97. The molecule has 1 aliphatic rings. The van der Waals surface area contributed by atoms with Crippen LogP contribution in [0.5, 0.6) is 0 Å². The molecule has 9 nitrogen and oxygen atoms in total. The molecule has 1 fully saturated rings. The largest absolute Gasteiger partial charge is 0.465 e. The van der Waals surface area contributed by atoms with Crippen LogP contribution in [-0.2, 0) is 19.5 Å². The average Bonchev–Trinajstić information content (AvgIpc) is 3.32. The van der Waals surface area contributed by atoms with Crippen molar-refractivity contribution in [2.24, 2.45) is 0 Å². The van der Waals surface area contributed by atoms with Gasteiger partial charge in [0.25, 0.3) is 15.9 Å². The lowest BCUT2D eigenvalue weighted by Crippen LogP contribution is -2.28. The van der Waals surface area contributed by atoms with Crippen LogP contribution in [0, 0.1) is 6.92 Å². The summed E-state index contributed by atoms with van der Waals surface area (Å²) in [7, 11) is -1.80. The van der Waals surface area contributed by atoms with Gasteiger partial charge in [-0.05, 0) is 55.7 Å². The van der Waals surface area contributed by atoms with Gasteiger partial charge in [-0.3, -0.25) is 9.52 Å². The first-order valence-electron chi connectivity index (χ1n) is 9.90. The number of anilines is 1. The van der Waals surface area contributed by atoms with Crippen molar-refractivity contribution in [3.05, 3.63) is 58.7 Å². The monoisotopic (exact) mass is 460 g/mol. The van der Waals surface area contributed by atoms with E-state index >= 15 is 0 Å². The Morgan fingerprint density at radius 1 is 0.906 bits per heavy atom. The second-order valence-corrected chi connectivity index (χ2v) is 9.05. The normalized spacial score (nSPS) is 13.5. The van der Waals surface area contributed by atoms with Crippen LogP contribution in [0.1, 0.15) is 49.5 Å². The maximum atomic E-state index is 13.0. The molecule has 2 aromatic rings. The summed E-state index contributed by atoms with van der Waals surface area (Å²) >= 11 is 0. The molecule has 32 heavy (non-hydrogen) atoms. The summed E-state index contributed by atoms with van der Waals surface area (Å²) in [6.07, 6.45) is 1.84. The van der Waals surface area contributed by atoms with E-state index in [1.807, 2.05) is 0 Å². The quantitative estimate of drug-likeness (QED) is 0.658. The van der Waals surface area contributed by atoms with Gasteiger partial charge in [0.05, 0.1) is 35.9 Å². The zero-order valence-corrected chi connectivity index (χ0v) is 18.8. The van der Waals surface area contributed by atoms with Gasteiger partial charge in [0.15, 0.2) is 0 Å². The number of carbonyl (C=O) groups excluding carboxylic acids is 3. The van der Waals surface area contributed by atoms with Crippen molar-refractivity contribution in [2.75, 3.05) is 32.0 Å². The molecule has 1 heterocycles. The SMILES string of the molecule is COC(=O)c1cc(NS(=O)(=O)c2ccc(C)c(C(=O)N3CCCC3)c2)cc(C(=O)OC)c1. The number of amides is 1. The number of likely N-dealkylation sites (tertiary alicyclic amines) is 1. The number of hydrogen-bond donors (Lipinski definition) is 1. The molecule has 0 atom stereocenters. The Labute approximate surface area is 186 Å². The van der Waals surface area contributed by atoms with Crippen molar-refractivity contribution >= 4 is 33.6 Å². The van der Waals surface area contributed by atoms with Crippen LogP contribution in [0.25, 0.3) is 0 Å². The number of hydrogen-bond acceptors (Lipinski definition) is 7. The minimum Gasteiger partial charge on any atom is -0.465 e. The number of benzene rings is 2. The fourth-order valence-electron chi connectivity index (χ4n) is 3.46. The van der Waals surface area contributed by atoms with Crippen LogP contribution >= 0.6 is 0 Å². The Hall–Kier alpha value is -3.40. The molecule has 0 bridgehead atoms. The van der Waals surface area contributed by atoms with Crippen molar-refractivity contribution in [3.8, 4) is 0 Å². The van der Waals surface area contributed by atoms with E-state index in [2.05, 4.69) is 14.2 Å². The van der Waals surface area contributed by atoms with Gasteiger partial charge in [-0.15, -0.1) is 0 Å². The molecule has 1 aliphatic heterocycles. The number of rotatable bonds is 6. The minimum absolute atomic E-state index is 0.0260. The molecular formula is C22H24N2O7S. The number of sulfonamides is 1. The number of nitrogens with zero attached hydrogens (tertiary/aromatic N) is 1.